The summed E-state index contributed by atoms with van der Waals surface area (Å²) in [5, 5.41) is 11.3. The Morgan fingerprint density at radius 3 is 3.00 bits per heavy atom. The number of nitrogens with one attached hydrogen (secondary N) is 1. The molecule has 1 aliphatic heterocycles. The monoisotopic (exact) mass is 231 g/mol. The molecule has 1 amide bonds. The smallest absolute Gasteiger partial charge is 0.307 e. The molecule has 0 radical (unpaired) electrons. The number of amides is 1. The maximum absolute atomic E-state index is 11.2. The minimum Gasteiger partial charge on any atom is -0.481 e. The predicted molar refractivity (Wildman–Crippen MR) is 64.7 cm³/mol. The van der Waals surface area contributed by atoms with E-state index in [0.717, 1.165) is 23.2 Å². The number of hydrogen-bond donors (Lipinski definition) is 2. The van der Waals surface area contributed by atoms with Gasteiger partial charge in [0.2, 0.25) is 5.91 Å². The standard InChI is InChI=1S/C13H13NO3/c15-12-7-5-10-8-9(2-1-3-13(16)17)4-6-11(10)14-12/h1-2,4,6,8H,3,5,7H2,(H,14,15)(H,16,17). The molecule has 0 saturated heterocycles. The Labute approximate surface area is 99.0 Å². The van der Waals surface area contributed by atoms with Crippen LogP contribution in [0.2, 0.25) is 0 Å². The van der Waals surface area contributed by atoms with E-state index in [0.29, 0.717) is 6.42 Å². The van der Waals surface area contributed by atoms with Crippen molar-refractivity contribution in [2.24, 2.45) is 0 Å². The molecule has 1 aliphatic rings. The Morgan fingerprint density at radius 1 is 1.41 bits per heavy atom. The van der Waals surface area contributed by atoms with Crippen molar-refractivity contribution in [2.45, 2.75) is 19.3 Å². The number of aliphatic carboxylic acids is 1. The molecule has 1 aromatic rings. The Kier molecular flexibility index (Phi) is 3.23. The molecule has 2 rings (SSSR count). The SMILES string of the molecule is O=C(O)CC=Cc1ccc2c(c1)CCC(=O)N2. The van der Waals surface area contributed by atoms with E-state index in [1.54, 1.807) is 12.2 Å². The first-order valence-corrected chi connectivity index (χ1v) is 5.46. The molecule has 1 heterocycles. The number of rotatable bonds is 3. The fourth-order valence-electron chi connectivity index (χ4n) is 1.80. The van der Waals surface area contributed by atoms with E-state index in [-0.39, 0.29) is 12.3 Å². The number of anilines is 1. The summed E-state index contributed by atoms with van der Waals surface area (Å²) >= 11 is 0. The molecule has 1 aromatic carbocycles. The minimum absolute atomic E-state index is 0.0216. The first-order chi connectivity index (χ1) is 8.15. The van der Waals surface area contributed by atoms with Gasteiger partial charge in [0.1, 0.15) is 0 Å². The molecule has 0 aromatic heterocycles. The van der Waals surface area contributed by atoms with Crippen LogP contribution in [-0.4, -0.2) is 17.0 Å². The van der Waals surface area contributed by atoms with Gasteiger partial charge < -0.3 is 10.4 Å². The van der Waals surface area contributed by atoms with E-state index < -0.39 is 5.97 Å². The lowest BCUT2D eigenvalue weighted by Crippen LogP contribution is -2.18. The van der Waals surface area contributed by atoms with Gasteiger partial charge in [0, 0.05) is 12.1 Å². The lowest BCUT2D eigenvalue weighted by atomic mass is 10.0. The molecule has 4 nitrogen and oxygen atoms in total. The second-order valence-corrected chi connectivity index (χ2v) is 3.96. The second kappa shape index (κ2) is 4.82. The number of hydrogen-bond acceptors (Lipinski definition) is 2. The fraction of sp³-hybridized carbons (Fsp3) is 0.231. The first kappa shape index (κ1) is 11.4. The Balaban J connectivity index is 2.14. The molecule has 4 heteroatoms. The van der Waals surface area contributed by atoms with Crippen molar-refractivity contribution in [3.05, 3.63) is 35.4 Å². The van der Waals surface area contributed by atoms with E-state index in [4.69, 9.17) is 5.11 Å². The van der Waals surface area contributed by atoms with Crippen molar-refractivity contribution >= 4 is 23.6 Å². The summed E-state index contributed by atoms with van der Waals surface area (Å²) in [5.41, 5.74) is 2.92. The Morgan fingerprint density at radius 2 is 2.24 bits per heavy atom. The predicted octanol–water partition coefficient (Wildman–Crippen LogP) is 2.06. The zero-order valence-electron chi connectivity index (χ0n) is 9.27. The molecular formula is C13H13NO3. The van der Waals surface area contributed by atoms with Gasteiger partial charge in [-0.15, -0.1) is 0 Å². The van der Waals surface area contributed by atoms with Crippen LogP contribution in [0.5, 0.6) is 0 Å². The van der Waals surface area contributed by atoms with Crippen molar-refractivity contribution < 1.29 is 14.7 Å². The summed E-state index contributed by atoms with van der Waals surface area (Å²) in [4.78, 5) is 21.5. The van der Waals surface area contributed by atoms with Gasteiger partial charge in [0.15, 0.2) is 0 Å². The van der Waals surface area contributed by atoms with Crippen LogP contribution in [0, 0.1) is 0 Å². The number of aryl methyl sites for hydroxylation is 1. The molecule has 0 spiro atoms. The molecule has 2 N–H and O–H groups in total. The number of carboxylic acids is 1. The number of carbonyl (C=O) groups excluding carboxylic acids is 1. The van der Waals surface area contributed by atoms with Crippen molar-refractivity contribution in [3.8, 4) is 0 Å². The zero-order valence-corrected chi connectivity index (χ0v) is 9.27. The highest BCUT2D eigenvalue weighted by Crippen LogP contribution is 2.23. The van der Waals surface area contributed by atoms with E-state index in [2.05, 4.69) is 5.32 Å². The highest BCUT2D eigenvalue weighted by atomic mass is 16.4. The third-order valence-corrected chi connectivity index (χ3v) is 2.63. The topological polar surface area (TPSA) is 66.4 Å². The average Bonchev–Trinajstić information content (AvgIpc) is 2.29. The molecular weight excluding hydrogens is 218 g/mol. The molecule has 0 unspecified atom stereocenters. The third kappa shape index (κ3) is 2.93. The van der Waals surface area contributed by atoms with Crippen LogP contribution in [-0.2, 0) is 16.0 Å². The number of carbonyl (C=O) groups is 2. The largest absolute Gasteiger partial charge is 0.481 e. The van der Waals surface area contributed by atoms with E-state index >= 15 is 0 Å². The van der Waals surface area contributed by atoms with Gasteiger partial charge in [0.05, 0.1) is 6.42 Å². The van der Waals surface area contributed by atoms with E-state index in [1.165, 1.54) is 0 Å². The van der Waals surface area contributed by atoms with Crippen LogP contribution < -0.4 is 5.32 Å². The maximum Gasteiger partial charge on any atom is 0.307 e. The molecule has 17 heavy (non-hydrogen) atoms. The van der Waals surface area contributed by atoms with Crippen LogP contribution in [0.15, 0.2) is 24.3 Å². The molecule has 0 saturated carbocycles. The quantitative estimate of drug-likeness (QED) is 0.836. The molecule has 0 atom stereocenters. The van der Waals surface area contributed by atoms with Crippen LogP contribution in [0.3, 0.4) is 0 Å². The normalized spacial score (nSPS) is 14.5. The maximum atomic E-state index is 11.2. The molecule has 0 aliphatic carbocycles. The summed E-state index contributed by atoms with van der Waals surface area (Å²) in [7, 11) is 0. The van der Waals surface area contributed by atoms with Crippen molar-refractivity contribution in [3.63, 3.8) is 0 Å². The Hall–Kier alpha value is -2.10. The van der Waals surface area contributed by atoms with Crippen molar-refractivity contribution in [1.82, 2.24) is 0 Å². The highest BCUT2D eigenvalue weighted by molar-refractivity contribution is 5.94. The number of benzene rings is 1. The summed E-state index contributed by atoms with van der Waals surface area (Å²) < 4.78 is 0. The first-order valence-electron chi connectivity index (χ1n) is 5.46. The van der Waals surface area contributed by atoms with Crippen LogP contribution in [0.1, 0.15) is 24.0 Å². The number of fused-ring (bicyclic) bond motifs is 1. The van der Waals surface area contributed by atoms with Gasteiger partial charge in [-0.3, -0.25) is 9.59 Å². The molecule has 88 valence electrons. The van der Waals surface area contributed by atoms with Crippen LogP contribution in [0.25, 0.3) is 6.08 Å². The summed E-state index contributed by atoms with van der Waals surface area (Å²) in [6.45, 7) is 0. The van der Waals surface area contributed by atoms with Crippen molar-refractivity contribution in [2.75, 3.05) is 5.32 Å². The van der Waals surface area contributed by atoms with Crippen LogP contribution >= 0.6 is 0 Å². The molecule has 0 bridgehead atoms. The highest BCUT2D eigenvalue weighted by Gasteiger charge is 2.13. The lowest BCUT2D eigenvalue weighted by Gasteiger charge is -2.16. The average molecular weight is 231 g/mol. The second-order valence-electron chi connectivity index (χ2n) is 3.96. The summed E-state index contributed by atoms with van der Waals surface area (Å²) in [5.74, 6) is -0.793. The van der Waals surface area contributed by atoms with Gasteiger partial charge in [-0.1, -0.05) is 18.2 Å². The van der Waals surface area contributed by atoms with Crippen molar-refractivity contribution in [1.29, 1.82) is 0 Å². The van der Waals surface area contributed by atoms with Gasteiger partial charge in [0.25, 0.3) is 0 Å². The molecule has 0 fully saturated rings. The fourth-order valence-corrected chi connectivity index (χ4v) is 1.80. The van der Waals surface area contributed by atoms with E-state index in [9.17, 15) is 9.59 Å². The van der Waals surface area contributed by atoms with Gasteiger partial charge in [-0.05, 0) is 29.7 Å². The van der Waals surface area contributed by atoms with Gasteiger partial charge in [-0.25, -0.2) is 0 Å². The van der Waals surface area contributed by atoms with Gasteiger partial charge >= 0.3 is 5.97 Å². The lowest BCUT2D eigenvalue weighted by molar-refractivity contribution is -0.136. The van der Waals surface area contributed by atoms with Gasteiger partial charge in [-0.2, -0.15) is 0 Å². The minimum atomic E-state index is -0.841. The number of carboxylic acid groups (broad SMARTS) is 1. The third-order valence-electron chi connectivity index (χ3n) is 2.63. The van der Waals surface area contributed by atoms with E-state index in [1.807, 2.05) is 18.2 Å². The zero-order chi connectivity index (χ0) is 12.3. The summed E-state index contributed by atoms with van der Waals surface area (Å²) in [6.07, 6.45) is 4.67. The van der Waals surface area contributed by atoms with Crippen LogP contribution in [0.4, 0.5) is 5.69 Å². The Bertz CT molecular complexity index is 491. The summed E-state index contributed by atoms with van der Waals surface area (Å²) in [6, 6.07) is 5.70.